The first-order valence-electron chi connectivity index (χ1n) is 7.96. The number of aromatic hydroxyl groups is 1. The van der Waals surface area contributed by atoms with E-state index in [1.165, 1.54) is 0 Å². The Kier molecular flexibility index (Phi) is 4.93. The van der Waals surface area contributed by atoms with Gasteiger partial charge in [0.2, 0.25) is 5.91 Å². The van der Waals surface area contributed by atoms with Gasteiger partial charge >= 0.3 is 0 Å². The van der Waals surface area contributed by atoms with Gasteiger partial charge in [0.05, 0.1) is 0 Å². The summed E-state index contributed by atoms with van der Waals surface area (Å²) >= 11 is 0. The zero-order chi connectivity index (χ0) is 16.1. The van der Waals surface area contributed by atoms with Gasteiger partial charge in [-0.25, -0.2) is 0 Å². The van der Waals surface area contributed by atoms with Crippen molar-refractivity contribution in [1.29, 1.82) is 0 Å². The second kappa shape index (κ2) is 7.29. The molecule has 1 aliphatic rings. The van der Waals surface area contributed by atoms with E-state index in [1.807, 2.05) is 36.4 Å². The fourth-order valence-corrected chi connectivity index (χ4v) is 2.76. The highest BCUT2D eigenvalue weighted by molar-refractivity contribution is 5.78. The van der Waals surface area contributed by atoms with Gasteiger partial charge < -0.3 is 15.2 Å². The monoisotopic (exact) mass is 311 g/mol. The standard InChI is InChI=1S/C19H21NO3/c21-18-7-5-16(6-8-18)15-3-1-14(2-4-15)13-20-19(22)17-9-11-23-12-10-17/h1-8,17,21H,9-13H2,(H,20,22). The number of phenolic OH excluding ortho intramolecular Hbond substituents is 1. The lowest BCUT2D eigenvalue weighted by Gasteiger charge is -2.21. The number of amides is 1. The fraction of sp³-hybridized carbons (Fsp3) is 0.316. The van der Waals surface area contributed by atoms with E-state index < -0.39 is 0 Å². The number of hydrogen-bond donors (Lipinski definition) is 2. The molecule has 0 atom stereocenters. The fourth-order valence-electron chi connectivity index (χ4n) is 2.76. The molecule has 3 rings (SSSR count). The van der Waals surface area contributed by atoms with E-state index in [9.17, 15) is 9.90 Å². The predicted molar refractivity (Wildman–Crippen MR) is 88.9 cm³/mol. The molecular weight excluding hydrogens is 290 g/mol. The van der Waals surface area contributed by atoms with Crippen molar-refractivity contribution in [2.45, 2.75) is 19.4 Å². The molecule has 2 N–H and O–H groups in total. The lowest BCUT2D eigenvalue weighted by molar-refractivity contribution is -0.128. The van der Waals surface area contributed by atoms with E-state index in [0.717, 1.165) is 29.5 Å². The van der Waals surface area contributed by atoms with Crippen molar-refractivity contribution in [3.63, 3.8) is 0 Å². The second-order valence-corrected chi connectivity index (χ2v) is 5.85. The van der Waals surface area contributed by atoms with Gasteiger partial charge in [-0.3, -0.25) is 4.79 Å². The Morgan fingerprint density at radius 1 is 1.00 bits per heavy atom. The highest BCUT2D eigenvalue weighted by Crippen LogP contribution is 2.22. The number of benzene rings is 2. The van der Waals surface area contributed by atoms with Gasteiger partial charge in [-0.15, -0.1) is 0 Å². The number of carbonyl (C=O) groups is 1. The predicted octanol–water partition coefficient (Wildman–Crippen LogP) is 3.10. The molecule has 0 spiro atoms. The number of phenols is 1. The molecular formula is C19H21NO3. The Labute approximate surface area is 136 Å². The lowest BCUT2D eigenvalue weighted by atomic mass is 9.99. The number of nitrogens with one attached hydrogen (secondary N) is 1. The molecule has 0 aromatic heterocycles. The largest absolute Gasteiger partial charge is 0.508 e. The van der Waals surface area contributed by atoms with Crippen molar-refractivity contribution in [3.05, 3.63) is 54.1 Å². The Morgan fingerprint density at radius 3 is 2.17 bits per heavy atom. The van der Waals surface area contributed by atoms with E-state index in [4.69, 9.17) is 4.74 Å². The van der Waals surface area contributed by atoms with Crippen molar-refractivity contribution in [2.75, 3.05) is 13.2 Å². The van der Waals surface area contributed by atoms with Gasteiger partial charge in [0.25, 0.3) is 0 Å². The van der Waals surface area contributed by atoms with Gasteiger partial charge in [0.15, 0.2) is 0 Å². The Bertz CT molecular complexity index is 643. The number of ether oxygens (including phenoxy) is 1. The molecule has 1 saturated heterocycles. The molecule has 0 bridgehead atoms. The van der Waals surface area contributed by atoms with Crippen LogP contribution in [0.3, 0.4) is 0 Å². The van der Waals surface area contributed by atoms with E-state index >= 15 is 0 Å². The van der Waals surface area contributed by atoms with Crippen LogP contribution in [0.4, 0.5) is 0 Å². The first kappa shape index (κ1) is 15.6. The van der Waals surface area contributed by atoms with Crippen molar-refractivity contribution < 1.29 is 14.6 Å². The average molecular weight is 311 g/mol. The zero-order valence-electron chi connectivity index (χ0n) is 13.0. The van der Waals surface area contributed by atoms with Gasteiger partial charge in [-0.05, 0) is 41.7 Å². The first-order chi connectivity index (χ1) is 11.2. The van der Waals surface area contributed by atoms with Gasteiger partial charge in [-0.1, -0.05) is 36.4 Å². The van der Waals surface area contributed by atoms with Crippen LogP contribution in [0.2, 0.25) is 0 Å². The molecule has 4 heteroatoms. The Hall–Kier alpha value is -2.33. The summed E-state index contributed by atoms with van der Waals surface area (Å²) in [5, 5.41) is 12.3. The molecule has 4 nitrogen and oxygen atoms in total. The molecule has 2 aromatic rings. The summed E-state index contributed by atoms with van der Waals surface area (Å²) in [6, 6.07) is 15.2. The maximum atomic E-state index is 12.1. The molecule has 2 aromatic carbocycles. The molecule has 1 amide bonds. The summed E-state index contributed by atoms with van der Waals surface area (Å²) in [6.07, 6.45) is 1.62. The third-order valence-electron chi connectivity index (χ3n) is 4.21. The van der Waals surface area contributed by atoms with Crippen LogP contribution in [0, 0.1) is 5.92 Å². The molecule has 0 aliphatic carbocycles. The molecule has 1 heterocycles. The van der Waals surface area contributed by atoms with Crippen LogP contribution in [-0.4, -0.2) is 24.2 Å². The first-order valence-corrected chi connectivity index (χ1v) is 7.96. The molecule has 0 saturated carbocycles. The maximum absolute atomic E-state index is 12.1. The maximum Gasteiger partial charge on any atom is 0.223 e. The summed E-state index contributed by atoms with van der Waals surface area (Å²) in [7, 11) is 0. The van der Waals surface area contributed by atoms with E-state index in [1.54, 1.807) is 12.1 Å². The van der Waals surface area contributed by atoms with Crippen molar-refractivity contribution >= 4 is 5.91 Å². The Balaban J connectivity index is 1.57. The van der Waals surface area contributed by atoms with Crippen LogP contribution < -0.4 is 5.32 Å². The third kappa shape index (κ3) is 4.11. The number of hydrogen-bond acceptors (Lipinski definition) is 3. The minimum Gasteiger partial charge on any atom is -0.508 e. The lowest BCUT2D eigenvalue weighted by Crippen LogP contribution is -2.33. The van der Waals surface area contributed by atoms with Crippen LogP contribution in [0.1, 0.15) is 18.4 Å². The van der Waals surface area contributed by atoms with Crippen molar-refractivity contribution in [1.82, 2.24) is 5.32 Å². The highest BCUT2D eigenvalue weighted by atomic mass is 16.5. The van der Waals surface area contributed by atoms with Crippen LogP contribution in [0.5, 0.6) is 5.75 Å². The molecule has 1 fully saturated rings. The van der Waals surface area contributed by atoms with E-state index in [-0.39, 0.29) is 17.6 Å². The number of rotatable bonds is 4. The van der Waals surface area contributed by atoms with Crippen LogP contribution >= 0.6 is 0 Å². The molecule has 0 radical (unpaired) electrons. The smallest absolute Gasteiger partial charge is 0.223 e. The van der Waals surface area contributed by atoms with Crippen molar-refractivity contribution in [3.8, 4) is 16.9 Å². The molecule has 1 aliphatic heterocycles. The number of carbonyl (C=O) groups excluding carboxylic acids is 1. The highest BCUT2D eigenvalue weighted by Gasteiger charge is 2.20. The van der Waals surface area contributed by atoms with Crippen LogP contribution in [0.15, 0.2) is 48.5 Å². The molecule has 0 unspecified atom stereocenters. The summed E-state index contributed by atoms with van der Waals surface area (Å²) in [4.78, 5) is 12.1. The van der Waals surface area contributed by atoms with Crippen molar-refractivity contribution in [2.24, 2.45) is 5.92 Å². The molecule has 120 valence electrons. The third-order valence-corrected chi connectivity index (χ3v) is 4.21. The van der Waals surface area contributed by atoms with Crippen LogP contribution in [0.25, 0.3) is 11.1 Å². The van der Waals surface area contributed by atoms with Gasteiger partial charge in [0, 0.05) is 25.7 Å². The van der Waals surface area contributed by atoms with Gasteiger partial charge in [0.1, 0.15) is 5.75 Å². The zero-order valence-corrected chi connectivity index (χ0v) is 13.0. The summed E-state index contributed by atoms with van der Waals surface area (Å²) < 4.78 is 5.28. The van der Waals surface area contributed by atoms with Crippen LogP contribution in [-0.2, 0) is 16.1 Å². The van der Waals surface area contributed by atoms with Gasteiger partial charge in [-0.2, -0.15) is 0 Å². The van der Waals surface area contributed by atoms with E-state index in [0.29, 0.717) is 19.8 Å². The second-order valence-electron chi connectivity index (χ2n) is 5.85. The minimum absolute atomic E-state index is 0.0834. The normalized spacial score (nSPS) is 15.3. The summed E-state index contributed by atoms with van der Waals surface area (Å²) in [5.74, 6) is 0.470. The average Bonchev–Trinajstić information content (AvgIpc) is 2.61. The minimum atomic E-state index is 0.0834. The molecule has 23 heavy (non-hydrogen) atoms. The SMILES string of the molecule is O=C(NCc1ccc(-c2ccc(O)cc2)cc1)C1CCOCC1. The summed E-state index contributed by atoms with van der Waals surface area (Å²) in [6.45, 7) is 1.91. The quantitative estimate of drug-likeness (QED) is 0.912. The van der Waals surface area contributed by atoms with E-state index in [2.05, 4.69) is 5.32 Å². The topological polar surface area (TPSA) is 58.6 Å². The summed E-state index contributed by atoms with van der Waals surface area (Å²) in [5.41, 5.74) is 3.22. The Morgan fingerprint density at radius 2 is 1.57 bits per heavy atom.